The fourth-order valence-corrected chi connectivity index (χ4v) is 3.77. The first-order chi connectivity index (χ1) is 13.8. The van der Waals surface area contributed by atoms with Crippen LogP contribution in [0.2, 0.25) is 0 Å². The molecular formula is C20H25N7O. The summed E-state index contributed by atoms with van der Waals surface area (Å²) in [6.07, 6.45) is 7.16. The number of fused-ring (bicyclic) bond motifs is 1. The van der Waals surface area contributed by atoms with Crippen LogP contribution in [-0.4, -0.2) is 61.9 Å². The average molecular weight is 379 g/mol. The number of benzene rings is 1. The first-order valence-electron chi connectivity index (χ1n) is 9.98. The number of hydrogen-bond acceptors (Lipinski definition) is 7. The molecule has 28 heavy (non-hydrogen) atoms. The van der Waals surface area contributed by atoms with E-state index in [2.05, 4.69) is 48.2 Å². The maximum absolute atomic E-state index is 6.10. The summed E-state index contributed by atoms with van der Waals surface area (Å²) in [6.45, 7) is 4.81. The summed E-state index contributed by atoms with van der Waals surface area (Å²) in [5, 5.41) is 9.17. The van der Waals surface area contributed by atoms with Crippen LogP contribution in [0, 0.1) is 0 Å². The standard InChI is InChI=1S/C20H25N7O/c1-25-14-23-24-19(25)12-26-7-9-27(10-8-26)15-5-6-18-17(11-15)20(22-13-21-18)28-16-3-2-4-16/h5-6,11,13-14,16H,2-4,7-10,12H2,1H3. The van der Waals surface area contributed by atoms with Crippen LogP contribution in [0.25, 0.3) is 10.9 Å². The molecule has 0 bridgehead atoms. The second kappa shape index (κ2) is 7.35. The van der Waals surface area contributed by atoms with E-state index in [1.54, 1.807) is 12.7 Å². The van der Waals surface area contributed by atoms with Gasteiger partial charge in [0.2, 0.25) is 5.88 Å². The van der Waals surface area contributed by atoms with Crippen molar-refractivity contribution in [2.75, 3.05) is 31.1 Å². The van der Waals surface area contributed by atoms with E-state index in [9.17, 15) is 0 Å². The molecule has 1 saturated heterocycles. The highest BCUT2D eigenvalue weighted by Crippen LogP contribution is 2.31. The van der Waals surface area contributed by atoms with Crippen LogP contribution in [0.1, 0.15) is 25.1 Å². The third-order valence-corrected chi connectivity index (χ3v) is 5.82. The van der Waals surface area contributed by atoms with Crippen LogP contribution in [0.15, 0.2) is 30.9 Å². The Labute approximate surface area is 164 Å². The topological polar surface area (TPSA) is 72.2 Å². The fraction of sp³-hybridized carbons (Fsp3) is 0.500. The van der Waals surface area contributed by atoms with Gasteiger partial charge in [0, 0.05) is 38.9 Å². The highest BCUT2D eigenvalue weighted by molar-refractivity contribution is 5.86. The second-order valence-corrected chi connectivity index (χ2v) is 7.67. The summed E-state index contributed by atoms with van der Waals surface area (Å²) >= 11 is 0. The van der Waals surface area contributed by atoms with E-state index in [4.69, 9.17) is 4.74 Å². The Kier molecular flexibility index (Phi) is 4.56. The van der Waals surface area contributed by atoms with Gasteiger partial charge in [-0.25, -0.2) is 9.97 Å². The number of hydrogen-bond donors (Lipinski definition) is 0. The molecule has 0 N–H and O–H groups in total. The molecule has 1 aliphatic carbocycles. The zero-order chi connectivity index (χ0) is 18.9. The van der Waals surface area contributed by atoms with E-state index in [1.807, 2.05) is 11.6 Å². The SMILES string of the molecule is Cn1cnnc1CN1CCN(c2ccc3ncnc(OC4CCC4)c3c2)CC1. The minimum atomic E-state index is 0.311. The summed E-state index contributed by atoms with van der Waals surface area (Å²) < 4.78 is 8.09. The number of nitrogens with zero attached hydrogens (tertiary/aromatic N) is 7. The smallest absolute Gasteiger partial charge is 0.224 e. The predicted molar refractivity (Wildman–Crippen MR) is 106 cm³/mol. The van der Waals surface area contributed by atoms with Gasteiger partial charge in [0.05, 0.1) is 17.4 Å². The van der Waals surface area contributed by atoms with Crippen LogP contribution < -0.4 is 9.64 Å². The van der Waals surface area contributed by atoms with Gasteiger partial charge in [-0.05, 0) is 37.5 Å². The zero-order valence-electron chi connectivity index (χ0n) is 16.2. The lowest BCUT2D eigenvalue weighted by molar-refractivity contribution is 0.116. The summed E-state index contributed by atoms with van der Waals surface area (Å²) in [5.74, 6) is 1.73. The molecule has 2 fully saturated rings. The fourth-order valence-electron chi connectivity index (χ4n) is 3.77. The van der Waals surface area contributed by atoms with Crippen LogP contribution in [0.5, 0.6) is 5.88 Å². The molecule has 8 nitrogen and oxygen atoms in total. The third kappa shape index (κ3) is 3.40. The van der Waals surface area contributed by atoms with Crippen LogP contribution in [0.3, 0.4) is 0 Å². The van der Waals surface area contributed by atoms with Gasteiger partial charge < -0.3 is 14.2 Å². The molecule has 0 atom stereocenters. The van der Waals surface area contributed by atoms with Gasteiger partial charge in [0.1, 0.15) is 24.6 Å². The lowest BCUT2D eigenvalue weighted by atomic mass is 9.96. The maximum Gasteiger partial charge on any atom is 0.224 e. The van der Waals surface area contributed by atoms with Gasteiger partial charge in [-0.1, -0.05) is 0 Å². The van der Waals surface area contributed by atoms with Crippen molar-refractivity contribution in [1.29, 1.82) is 0 Å². The minimum absolute atomic E-state index is 0.311. The first kappa shape index (κ1) is 17.4. The highest BCUT2D eigenvalue weighted by atomic mass is 16.5. The Bertz CT molecular complexity index is 960. The number of ether oxygens (including phenoxy) is 1. The lowest BCUT2D eigenvalue weighted by Crippen LogP contribution is -2.46. The molecule has 146 valence electrons. The highest BCUT2D eigenvalue weighted by Gasteiger charge is 2.22. The van der Waals surface area contributed by atoms with Gasteiger partial charge in [-0.3, -0.25) is 4.90 Å². The Balaban J connectivity index is 1.29. The summed E-state index contributed by atoms with van der Waals surface area (Å²) in [6, 6.07) is 6.41. The maximum atomic E-state index is 6.10. The normalized spacial score (nSPS) is 18.4. The molecule has 5 rings (SSSR count). The lowest BCUT2D eigenvalue weighted by Gasteiger charge is -2.36. The van der Waals surface area contributed by atoms with Crippen molar-refractivity contribution < 1.29 is 4.74 Å². The number of rotatable bonds is 5. The summed E-state index contributed by atoms with van der Waals surface area (Å²) in [4.78, 5) is 13.7. The van der Waals surface area contributed by atoms with Crippen molar-refractivity contribution in [2.24, 2.45) is 7.05 Å². The van der Waals surface area contributed by atoms with Gasteiger partial charge in [-0.2, -0.15) is 0 Å². The van der Waals surface area contributed by atoms with E-state index >= 15 is 0 Å². The van der Waals surface area contributed by atoms with E-state index in [-0.39, 0.29) is 0 Å². The molecule has 0 unspecified atom stereocenters. The van der Waals surface area contributed by atoms with Gasteiger partial charge in [0.15, 0.2) is 0 Å². The molecule has 0 amide bonds. The first-order valence-corrected chi connectivity index (χ1v) is 9.98. The molecule has 1 aromatic carbocycles. The molecule has 8 heteroatoms. The number of aryl methyl sites for hydroxylation is 1. The van der Waals surface area contributed by atoms with E-state index in [0.29, 0.717) is 6.10 Å². The summed E-state index contributed by atoms with van der Waals surface area (Å²) in [7, 11) is 1.99. The molecule has 0 spiro atoms. The van der Waals surface area contributed by atoms with Crippen LogP contribution in [-0.2, 0) is 13.6 Å². The van der Waals surface area contributed by atoms with E-state index in [1.165, 1.54) is 12.1 Å². The quantitative estimate of drug-likeness (QED) is 0.671. The van der Waals surface area contributed by atoms with Crippen molar-refractivity contribution in [2.45, 2.75) is 31.9 Å². The van der Waals surface area contributed by atoms with Crippen LogP contribution in [0.4, 0.5) is 5.69 Å². The van der Waals surface area contributed by atoms with E-state index < -0.39 is 0 Å². The van der Waals surface area contributed by atoms with Gasteiger partial charge in [-0.15, -0.1) is 10.2 Å². The zero-order valence-corrected chi connectivity index (χ0v) is 16.2. The second-order valence-electron chi connectivity index (χ2n) is 7.67. The van der Waals surface area contributed by atoms with Crippen molar-refractivity contribution in [1.82, 2.24) is 29.6 Å². The largest absolute Gasteiger partial charge is 0.474 e. The molecule has 3 heterocycles. The molecular weight excluding hydrogens is 354 g/mol. The van der Waals surface area contributed by atoms with Gasteiger partial charge in [0.25, 0.3) is 0 Å². The van der Waals surface area contributed by atoms with Crippen molar-refractivity contribution in [3.8, 4) is 5.88 Å². The monoisotopic (exact) mass is 379 g/mol. The third-order valence-electron chi connectivity index (χ3n) is 5.82. The summed E-state index contributed by atoms with van der Waals surface area (Å²) in [5.41, 5.74) is 2.15. The molecule has 2 aromatic heterocycles. The number of aromatic nitrogens is 5. The molecule has 0 radical (unpaired) electrons. The Morgan fingerprint density at radius 2 is 1.96 bits per heavy atom. The predicted octanol–water partition coefficient (Wildman–Crippen LogP) is 2.01. The Hall–Kier alpha value is -2.74. The van der Waals surface area contributed by atoms with Crippen LogP contribution >= 0.6 is 0 Å². The molecule has 1 aliphatic heterocycles. The van der Waals surface area contributed by atoms with Crippen molar-refractivity contribution >= 4 is 16.6 Å². The van der Waals surface area contributed by atoms with Crippen molar-refractivity contribution in [3.05, 3.63) is 36.7 Å². The molecule has 3 aromatic rings. The van der Waals surface area contributed by atoms with Crippen molar-refractivity contribution in [3.63, 3.8) is 0 Å². The number of anilines is 1. The minimum Gasteiger partial charge on any atom is -0.474 e. The van der Waals surface area contributed by atoms with Gasteiger partial charge >= 0.3 is 0 Å². The average Bonchev–Trinajstić information content (AvgIpc) is 3.09. The van der Waals surface area contributed by atoms with E-state index in [0.717, 1.165) is 68.2 Å². The Morgan fingerprint density at radius 3 is 2.68 bits per heavy atom. The number of piperazine rings is 1. The Morgan fingerprint density at radius 1 is 1.11 bits per heavy atom. The molecule has 2 aliphatic rings. The molecule has 1 saturated carbocycles.